The molecule has 0 amide bonds. The van der Waals surface area contributed by atoms with E-state index in [4.69, 9.17) is 0 Å². The molecule has 0 aliphatic heterocycles. The molecule has 2 rings (SSSR count). The molecule has 1 aromatic carbocycles. The second kappa shape index (κ2) is 5.20. The zero-order valence-corrected chi connectivity index (χ0v) is 10.4. The number of rotatable bonds is 2. The first-order chi connectivity index (χ1) is 9.30. The molecule has 106 valence electrons. The number of pyridine rings is 1. The molecule has 1 heterocycles. The Hall–Kier alpha value is -1.95. The zero-order valence-electron chi connectivity index (χ0n) is 10.4. The van der Waals surface area contributed by atoms with Crippen molar-refractivity contribution < 1.29 is 22.7 Å². The smallest absolute Gasteiger partial charge is 0.382 e. The molecular formula is C14H11F4NO. The van der Waals surface area contributed by atoms with Gasteiger partial charge in [-0.05, 0) is 42.3 Å². The minimum atomic E-state index is -4.45. The van der Waals surface area contributed by atoms with E-state index in [0.29, 0.717) is 0 Å². The lowest BCUT2D eigenvalue weighted by Crippen LogP contribution is -2.10. The van der Waals surface area contributed by atoms with Crippen molar-refractivity contribution >= 4 is 0 Å². The molecule has 6 heteroatoms. The highest BCUT2D eigenvalue weighted by Gasteiger charge is 2.31. The largest absolute Gasteiger partial charge is 0.416 e. The van der Waals surface area contributed by atoms with E-state index in [1.807, 2.05) is 0 Å². The van der Waals surface area contributed by atoms with Crippen molar-refractivity contribution in [3.8, 4) is 0 Å². The van der Waals surface area contributed by atoms with Crippen molar-refractivity contribution in [3.63, 3.8) is 0 Å². The highest BCUT2D eigenvalue weighted by Crippen LogP contribution is 2.33. The molecule has 0 saturated carbocycles. The Morgan fingerprint density at radius 2 is 1.90 bits per heavy atom. The topological polar surface area (TPSA) is 33.1 Å². The fourth-order valence-electron chi connectivity index (χ4n) is 1.91. The summed E-state index contributed by atoms with van der Waals surface area (Å²) >= 11 is 0. The van der Waals surface area contributed by atoms with Crippen molar-refractivity contribution in [2.75, 3.05) is 0 Å². The van der Waals surface area contributed by atoms with Crippen LogP contribution >= 0.6 is 0 Å². The average Bonchev–Trinajstić information content (AvgIpc) is 2.37. The van der Waals surface area contributed by atoms with Crippen molar-refractivity contribution in [1.82, 2.24) is 4.98 Å². The van der Waals surface area contributed by atoms with Gasteiger partial charge in [0.05, 0.1) is 5.56 Å². The number of alkyl halides is 3. The third kappa shape index (κ3) is 2.80. The maximum atomic E-state index is 13.5. The molecule has 1 atom stereocenters. The van der Waals surface area contributed by atoms with Crippen LogP contribution in [0.25, 0.3) is 0 Å². The van der Waals surface area contributed by atoms with Crippen LogP contribution in [0.4, 0.5) is 17.6 Å². The van der Waals surface area contributed by atoms with Crippen LogP contribution in [0.1, 0.15) is 28.5 Å². The number of aliphatic hydroxyl groups excluding tert-OH is 1. The third-order valence-electron chi connectivity index (χ3n) is 2.94. The molecule has 0 saturated heterocycles. The van der Waals surface area contributed by atoms with Gasteiger partial charge in [0.15, 0.2) is 0 Å². The van der Waals surface area contributed by atoms with Crippen LogP contribution in [0.2, 0.25) is 0 Å². The minimum Gasteiger partial charge on any atom is -0.382 e. The summed E-state index contributed by atoms with van der Waals surface area (Å²) in [6, 6.07) is 5.40. The van der Waals surface area contributed by atoms with Crippen LogP contribution in [0, 0.1) is 12.7 Å². The number of hydrogen-bond acceptors (Lipinski definition) is 2. The van der Waals surface area contributed by atoms with Gasteiger partial charge in [0.25, 0.3) is 0 Å². The molecule has 1 N–H and O–H groups in total. The minimum absolute atomic E-state index is 0.190. The molecule has 0 fully saturated rings. The molecule has 0 bridgehead atoms. The predicted octanol–water partition coefficient (Wildman–Crippen LogP) is 3.63. The quantitative estimate of drug-likeness (QED) is 0.855. The van der Waals surface area contributed by atoms with E-state index in [-0.39, 0.29) is 16.8 Å². The van der Waals surface area contributed by atoms with Gasteiger partial charge in [0, 0.05) is 6.20 Å². The number of aromatic nitrogens is 1. The van der Waals surface area contributed by atoms with Crippen LogP contribution in [0.5, 0.6) is 0 Å². The van der Waals surface area contributed by atoms with Crippen LogP contribution < -0.4 is 0 Å². The molecule has 0 aliphatic carbocycles. The number of aryl methyl sites for hydroxylation is 1. The first-order valence-electron chi connectivity index (χ1n) is 5.77. The van der Waals surface area contributed by atoms with Gasteiger partial charge in [-0.15, -0.1) is 0 Å². The lowest BCUT2D eigenvalue weighted by atomic mass is 9.98. The summed E-state index contributed by atoms with van der Waals surface area (Å²) < 4.78 is 51.2. The van der Waals surface area contributed by atoms with Crippen molar-refractivity contribution in [2.24, 2.45) is 0 Å². The number of nitrogens with zero attached hydrogens (tertiary/aromatic N) is 1. The standard InChI is InChI=1S/C14H11F4NO/c1-8-7-9(14(16,17)18)4-5-10(8)13(20)12-11(15)3-2-6-19-12/h2-7,13,20H,1H3. The number of benzene rings is 1. The second-order valence-electron chi connectivity index (χ2n) is 4.34. The van der Waals surface area contributed by atoms with E-state index in [9.17, 15) is 22.7 Å². The van der Waals surface area contributed by atoms with Gasteiger partial charge in [-0.25, -0.2) is 4.39 Å². The van der Waals surface area contributed by atoms with Crippen LogP contribution in [0.15, 0.2) is 36.5 Å². The zero-order chi connectivity index (χ0) is 14.9. The molecule has 0 radical (unpaired) electrons. The molecule has 1 aromatic heterocycles. The number of aliphatic hydroxyl groups is 1. The Balaban J connectivity index is 2.42. The van der Waals surface area contributed by atoms with Crippen LogP contribution in [-0.2, 0) is 6.18 Å². The predicted molar refractivity (Wildman–Crippen MR) is 64.4 cm³/mol. The molecule has 20 heavy (non-hydrogen) atoms. The van der Waals surface area contributed by atoms with E-state index in [1.54, 1.807) is 0 Å². The van der Waals surface area contributed by atoms with E-state index >= 15 is 0 Å². The summed E-state index contributed by atoms with van der Waals surface area (Å²) in [4.78, 5) is 3.72. The van der Waals surface area contributed by atoms with Crippen molar-refractivity contribution in [3.05, 3.63) is 64.7 Å². The Bertz CT molecular complexity index is 625. The Morgan fingerprint density at radius 1 is 1.20 bits per heavy atom. The Kier molecular flexibility index (Phi) is 3.76. The normalized spacial score (nSPS) is 13.3. The van der Waals surface area contributed by atoms with Crippen LogP contribution in [-0.4, -0.2) is 10.1 Å². The summed E-state index contributed by atoms with van der Waals surface area (Å²) in [6.45, 7) is 1.43. The lowest BCUT2D eigenvalue weighted by molar-refractivity contribution is -0.137. The molecule has 2 aromatic rings. The van der Waals surface area contributed by atoms with Gasteiger partial charge in [-0.1, -0.05) is 6.07 Å². The van der Waals surface area contributed by atoms with Crippen molar-refractivity contribution in [2.45, 2.75) is 19.2 Å². The Labute approximate surface area is 112 Å². The molecular weight excluding hydrogens is 274 g/mol. The third-order valence-corrected chi connectivity index (χ3v) is 2.94. The summed E-state index contributed by atoms with van der Waals surface area (Å²) in [5, 5.41) is 10.1. The first kappa shape index (κ1) is 14.5. The summed E-state index contributed by atoms with van der Waals surface area (Å²) in [6.07, 6.45) is -4.55. The van der Waals surface area contributed by atoms with Crippen LogP contribution in [0.3, 0.4) is 0 Å². The fraction of sp³-hybridized carbons (Fsp3) is 0.214. The summed E-state index contributed by atoms with van der Waals surface area (Å²) in [7, 11) is 0. The van der Waals surface area contributed by atoms with E-state index < -0.39 is 23.7 Å². The molecule has 0 spiro atoms. The maximum absolute atomic E-state index is 13.5. The lowest BCUT2D eigenvalue weighted by Gasteiger charge is -2.16. The maximum Gasteiger partial charge on any atom is 0.416 e. The van der Waals surface area contributed by atoms with E-state index in [1.165, 1.54) is 19.2 Å². The van der Waals surface area contributed by atoms with Gasteiger partial charge in [-0.3, -0.25) is 4.98 Å². The number of hydrogen-bond donors (Lipinski definition) is 1. The van der Waals surface area contributed by atoms with Gasteiger partial charge >= 0.3 is 6.18 Å². The highest BCUT2D eigenvalue weighted by atomic mass is 19.4. The van der Waals surface area contributed by atoms with Gasteiger partial charge in [0.2, 0.25) is 0 Å². The van der Waals surface area contributed by atoms with E-state index in [0.717, 1.165) is 24.3 Å². The van der Waals surface area contributed by atoms with E-state index in [2.05, 4.69) is 4.98 Å². The van der Waals surface area contributed by atoms with Gasteiger partial charge in [-0.2, -0.15) is 13.2 Å². The molecule has 0 aliphatic rings. The molecule has 2 nitrogen and oxygen atoms in total. The fourth-order valence-corrected chi connectivity index (χ4v) is 1.91. The van der Waals surface area contributed by atoms with Gasteiger partial charge in [0.1, 0.15) is 17.6 Å². The molecule has 1 unspecified atom stereocenters. The second-order valence-corrected chi connectivity index (χ2v) is 4.34. The number of halogens is 4. The monoisotopic (exact) mass is 285 g/mol. The summed E-state index contributed by atoms with van der Waals surface area (Å²) in [5.74, 6) is -0.709. The SMILES string of the molecule is Cc1cc(C(F)(F)F)ccc1C(O)c1ncccc1F. The first-order valence-corrected chi connectivity index (χ1v) is 5.77. The summed E-state index contributed by atoms with van der Waals surface area (Å²) in [5.41, 5.74) is -0.615. The Morgan fingerprint density at radius 3 is 2.45 bits per heavy atom. The highest BCUT2D eigenvalue weighted by molar-refractivity contribution is 5.37. The van der Waals surface area contributed by atoms with Crippen molar-refractivity contribution in [1.29, 1.82) is 0 Å². The van der Waals surface area contributed by atoms with Gasteiger partial charge < -0.3 is 5.11 Å². The average molecular weight is 285 g/mol.